The number of halogens is 1. The second-order valence-electron chi connectivity index (χ2n) is 3.67. The third-order valence-corrected chi connectivity index (χ3v) is 4.38. The Morgan fingerprint density at radius 3 is 3.13 bits per heavy atom. The van der Waals surface area contributed by atoms with Crippen LogP contribution in [0.1, 0.15) is 19.3 Å². The molecule has 1 saturated heterocycles. The Hall–Kier alpha value is -0.350. The smallest absolute Gasteiger partial charge is 0.175 e. The first kappa shape index (κ1) is 11.1. The number of hydrogen-bond acceptors (Lipinski definition) is 3. The van der Waals surface area contributed by atoms with Gasteiger partial charge in [-0.25, -0.2) is 4.68 Å². The molecule has 0 aliphatic carbocycles. The minimum atomic E-state index is 0.615. The van der Waals surface area contributed by atoms with Crippen molar-refractivity contribution < 1.29 is 4.74 Å². The quantitative estimate of drug-likeness (QED) is 0.821. The van der Waals surface area contributed by atoms with Crippen molar-refractivity contribution in [1.82, 2.24) is 9.78 Å². The highest BCUT2D eigenvalue weighted by atomic mass is 35.5. The predicted octanol–water partition coefficient (Wildman–Crippen LogP) is 2.83. The fourth-order valence-electron chi connectivity index (χ4n) is 1.76. The Balaban J connectivity index is 2.00. The second-order valence-corrected chi connectivity index (χ2v) is 5.44. The molecule has 1 fully saturated rings. The van der Waals surface area contributed by atoms with Gasteiger partial charge in [-0.15, -0.1) is 0 Å². The maximum absolute atomic E-state index is 6.11. The van der Waals surface area contributed by atoms with E-state index in [2.05, 4.69) is 5.10 Å². The number of nitrogens with zero attached hydrogens (tertiary/aromatic N) is 2. The van der Waals surface area contributed by atoms with E-state index in [0.717, 1.165) is 6.54 Å². The Labute approximate surface area is 99.1 Å². The van der Waals surface area contributed by atoms with Gasteiger partial charge in [-0.1, -0.05) is 18.0 Å². The topological polar surface area (TPSA) is 27.1 Å². The van der Waals surface area contributed by atoms with Crippen molar-refractivity contribution in [2.45, 2.75) is 31.1 Å². The van der Waals surface area contributed by atoms with Crippen LogP contribution in [0.25, 0.3) is 0 Å². The molecule has 0 radical (unpaired) electrons. The zero-order valence-corrected chi connectivity index (χ0v) is 10.4. The average molecular weight is 247 g/mol. The molecule has 84 valence electrons. The molecule has 15 heavy (non-hydrogen) atoms. The Bertz CT molecular complexity index is 323. The van der Waals surface area contributed by atoms with Gasteiger partial charge in [-0.05, 0) is 18.6 Å². The number of ether oxygens (including phenoxy) is 1. The predicted molar refractivity (Wildman–Crippen MR) is 63.9 cm³/mol. The van der Waals surface area contributed by atoms with Gasteiger partial charge in [0.15, 0.2) is 10.9 Å². The summed E-state index contributed by atoms with van der Waals surface area (Å²) in [6.07, 6.45) is 5.62. The van der Waals surface area contributed by atoms with Crippen LogP contribution in [0.5, 0.6) is 5.75 Å². The van der Waals surface area contributed by atoms with E-state index in [1.807, 2.05) is 16.4 Å². The molecule has 1 aliphatic rings. The molecule has 2 heterocycles. The molecule has 0 aromatic carbocycles. The van der Waals surface area contributed by atoms with Gasteiger partial charge in [0, 0.05) is 5.25 Å². The van der Waals surface area contributed by atoms with Crippen LogP contribution < -0.4 is 4.74 Å². The fraction of sp³-hybridized carbons (Fsp3) is 0.700. The van der Waals surface area contributed by atoms with Crippen LogP contribution in [0.4, 0.5) is 0 Å². The monoisotopic (exact) mass is 246 g/mol. The van der Waals surface area contributed by atoms with Crippen LogP contribution >= 0.6 is 23.4 Å². The number of thioether (sulfide) groups is 1. The largest absolute Gasteiger partial charge is 0.492 e. The van der Waals surface area contributed by atoms with E-state index >= 15 is 0 Å². The maximum atomic E-state index is 6.11. The van der Waals surface area contributed by atoms with Crippen molar-refractivity contribution in [3.8, 4) is 5.75 Å². The Morgan fingerprint density at radius 2 is 2.53 bits per heavy atom. The average Bonchev–Trinajstić information content (AvgIpc) is 2.62. The molecule has 5 heteroatoms. The lowest BCUT2D eigenvalue weighted by molar-refractivity contribution is 0.413. The summed E-state index contributed by atoms with van der Waals surface area (Å²) in [6, 6.07) is 0. The molecule has 1 aliphatic heterocycles. The molecule has 1 aromatic rings. The third-order valence-electron chi connectivity index (χ3n) is 2.61. The van der Waals surface area contributed by atoms with Crippen molar-refractivity contribution in [1.29, 1.82) is 0 Å². The molecule has 1 unspecified atom stereocenters. The molecular weight excluding hydrogens is 232 g/mol. The molecule has 0 bridgehead atoms. The SMILES string of the molecule is COc1cnn(CC2CCCCS2)c1Cl. The molecule has 0 spiro atoms. The highest BCUT2D eigenvalue weighted by Crippen LogP contribution is 2.29. The summed E-state index contributed by atoms with van der Waals surface area (Å²) in [4.78, 5) is 0. The highest BCUT2D eigenvalue weighted by Gasteiger charge is 2.17. The minimum Gasteiger partial charge on any atom is -0.492 e. The van der Waals surface area contributed by atoms with E-state index in [1.54, 1.807) is 13.3 Å². The van der Waals surface area contributed by atoms with Gasteiger partial charge >= 0.3 is 0 Å². The van der Waals surface area contributed by atoms with E-state index in [-0.39, 0.29) is 0 Å². The first-order valence-corrected chi connectivity index (χ1v) is 6.61. The van der Waals surface area contributed by atoms with Crippen LogP contribution in [0.3, 0.4) is 0 Å². The number of hydrogen-bond donors (Lipinski definition) is 0. The minimum absolute atomic E-state index is 0.615. The van der Waals surface area contributed by atoms with E-state index in [0.29, 0.717) is 16.2 Å². The Kier molecular flexibility index (Phi) is 3.81. The molecular formula is C10H15ClN2OS. The summed E-state index contributed by atoms with van der Waals surface area (Å²) in [5.41, 5.74) is 0. The summed E-state index contributed by atoms with van der Waals surface area (Å²) < 4.78 is 6.93. The highest BCUT2D eigenvalue weighted by molar-refractivity contribution is 7.99. The normalized spacial score (nSPS) is 21.6. The van der Waals surface area contributed by atoms with Crippen LogP contribution in [0, 0.1) is 0 Å². The Morgan fingerprint density at radius 1 is 1.67 bits per heavy atom. The zero-order valence-electron chi connectivity index (χ0n) is 8.78. The van der Waals surface area contributed by atoms with Crippen molar-refractivity contribution in [3.05, 3.63) is 11.3 Å². The van der Waals surface area contributed by atoms with Crippen LogP contribution in [0.2, 0.25) is 5.15 Å². The number of rotatable bonds is 3. The summed E-state index contributed by atoms with van der Waals surface area (Å²) in [7, 11) is 1.61. The molecule has 0 amide bonds. The summed E-state index contributed by atoms with van der Waals surface area (Å²) in [5, 5.41) is 5.50. The van der Waals surface area contributed by atoms with Crippen molar-refractivity contribution in [3.63, 3.8) is 0 Å². The van der Waals surface area contributed by atoms with E-state index in [1.165, 1.54) is 25.0 Å². The van der Waals surface area contributed by atoms with Gasteiger partial charge in [-0.2, -0.15) is 16.9 Å². The zero-order chi connectivity index (χ0) is 10.7. The van der Waals surface area contributed by atoms with Crippen LogP contribution in [-0.4, -0.2) is 27.9 Å². The standard InChI is InChI=1S/C10H15ClN2OS/c1-14-9-6-12-13(10(9)11)7-8-4-2-3-5-15-8/h6,8H,2-5,7H2,1H3. The van der Waals surface area contributed by atoms with Crippen molar-refractivity contribution >= 4 is 23.4 Å². The first-order chi connectivity index (χ1) is 7.31. The molecule has 2 rings (SSSR count). The lowest BCUT2D eigenvalue weighted by Gasteiger charge is -2.21. The maximum Gasteiger partial charge on any atom is 0.175 e. The number of aromatic nitrogens is 2. The lowest BCUT2D eigenvalue weighted by atomic mass is 10.2. The van der Waals surface area contributed by atoms with Crippen LogP contribution in [0.15, 0.2) is 6.20 Å². The number of methoxy groups -OCH3 is 1. The van der Waals surface area contributed by atoms with Gasteiger partial charge in [0.05, 0.1) is 19.9 Å². The van der Waals surface area contributed by atoms with Gasteiger partial charge in [0.1, 0.15) is 0 Å². The van der Waals surface area contributed by atoms with Crippen molar-refractivity contribution in [2.75, 3.05) is 12.9 Å². The molecule has 3 nitrogen and oxygen atoms in total. The van der Waals surface area contributed by atoms with E-state index in [9.17, 15) is 0 Å². The van der Waals surface area contributed by atoms with Crippen molar-refractivity contribution in [2.24, 2.45) is 0 Å². The molecule has 1 atom stereocenters. The van der Waals surface area contributed by atoms with Crippen LogP contribution in [-0.2, 0) is 6.54 Å². The van der Waals surface area contributed by atoms with E-state index < -0.39 is 0 Å². The summed E-state index contributed by atoms with van der Waals surface area (Å²) in [5.74, 6) is 1.93. The van der Waals surface area contributed by atoms with Gasteiger partial charge < -0.3 is 4.74 Å². The summed E-state index contributed by atoms with van der Waals surface area (Å²) >= 11 is 8.13. The third kappa shape index (κ3) is 2.61. The lowest BCUT2D eigenvalue weighted by Crippen LogP contribution is -2.17. The van der Waals surface area contributed by atoms with Gasteiger partial charge in [0.25, 0.3) is 0 Å². The van der Waals surface area contributed by atoms with E-state index in [4.69, 9.17) is 16.3 Å². The van der Waals surface area contributed by atoms with Gasteiger partial charge in [-0.3, -0.25) is 0 Å². The molecule has 0 N–H and O–H groups in total. The fourth-order valence-corrected chi connectivity index (χ4v) is 3.28. The second kappa shape index (κ2) is 5.12. The molecule has 1 aromatic heterocycles. The summed E-state index contributed by atoms with van der Waals surface area (Å²) in [6.45, 7) is 0.896. The van der Waals surface area contributed by atoms with Gasteiger partial charge in [0.2, 0.25) is 0 Å². The first-order valence-electron chi connectivity index (χ1n) is 5.18. The molecule has 0 saturated carbocycles.